The van der Waals surface area contributed by atoms with Crippen molar-refractivity contribution >= 4 is 23.3 Å². The van der Waals surface area contributed by atoms with Gasteiger partial charge in [0.2, 0.25) is 0 Å². The number of aliphatic carboxylic acids is 1. The molecular formula is C17H18ClNO2. The second-order valence-electron chi connectivity index (χ2n) is 5.04. The quantitative estimate of drug-likeness (QED) is 0.881. The fourth-order valence-corrected chi connectivity index (χ4v) is 2.47. The van der Waals surface area contributed by atoms with Crippen molar-refractivity contribution in [2.75, 3.05) is 11.4 Å². The number of carboxylic acid groups (broad SMARTS) is 1. The summed E-state index contributed by atoms with van der Waals surface area (Å²) >= 11 is 5.90. The zero-order valence-corrected chi connectivity index (χ0v) is 12.6. The summed E-state index contributed by atoms with van der Waals surface area (Å²) in [5.74, 6) is -0.843. The molecule has 0 heterocycles. The second kappa shape index (κ2) is 7.14. The number of halogens is 1. The Morgan fingerprint density at radius 2 is 1.76 bits per heavy atom. The molecule has 0 spiro atoms. The summed E-state index contributed by atoms with van der Waals surface area (Å²) in [5, 5.41) is 9.79. The number of hydrogen-bond acceptors (Lipinski definition) is 2. The van der Waals surface area contributed by atoms with E-state index in [1.807, 2.05) is 42.2 Å². The first-order valence-electron chi connectivity index (χ1n) is 6.84. The van der Waals surface area contributed by atoms with E-state index in [-0.39, 0.29) is 12.6 Å². The van der Waals surface area contributed by atoms with Crippen LogP contribution in [0.4, 0.5) is 5.69 Å². The zero-order chi connectivity index (χ0) is 15.2. The third-order valence-corrected chi connectivity index (χ3v) is 3.62. The molecule has 0 aliphatic rings. The number of carbonyl (C=O) groups is 1. The maximum absolute atomic E-state index is 11.1. The van der Waals surface area contributed by atoms with Gasteiger partial charge in [0.1, 0.15) is 6.54 Å². The Morgan fingerprint density at radius 1 is 1.14 bits per heavy atom. The first-order valence-corrected chi connectivity index (χ1v) is 7.22. The average molecular weight is 304 g/mol. The first kappa shape index (κ1) is 15.4. The second-order valence-corrected chi connectivity index (χ2v) is 5.47. The van der Waals surface area contributed by atoms with Gasteiger partial charge in [-0.2, -0.15) is 0 Å². The van der Waals surface area contributed by atoms with Gasteiger partial charge in [-0.3, -0.25) is 4.79 Å². The monoisotopic (exact) mass is 303 g/mol. The molecule has 0 aliphatic heterocycles. The van der Waals surface area contributed by atoms with E-state index in [2.05, 4.69) is 12.1 Å². The van der Waals surface area contributed by atoms with Gasteiger partial charge < -0.3 is 10.0 Å². The number of anilines is 1. The van der Waals surface area contributed by atoms with Crippen molar-refractivity contribution in [2.45, 2.75) is 19.4 Å². The Bertz CT molecular complexity index is 583. The molecule has 1 unspecified atom stereocenters. The van der Waals surface area contributed by atoms with Gasteiger partial charge in [-0.25, -0.2) is 0 Å². The SMILES string of the molecule is CC(Cc1ccccc1)N(CC(=O)O)c1ccc(Cl)cc1. The van der Waals surface area contributed by atoms with Gasteiger partial charge in [-0.05, 0) is 43.2 Å². The van der Waals surface area contributed by atoms with Crippen LogP contribution in [0.5, 0.6) is 0 Å². The number of carboxylic acids is 1. The van der Waals surface area contributed by atoms with Crippen molar-refractivity contribution in [3.8, 4) is 0 Å². The van der Waals surface area contributed by atoms with Crippen LogP contribution in [0.2, 0.25) is 5.02 Å². The molecule has 0 amide bonds. The van der Waals surface area contributed by atoms with Gasteiger partial charge in [-0.1, -0.05) is 41.9 Å². The van der Waals surface area contributed by atoms with Crippen molar-refractivity contribution in [3.63, 3.8) is 0 Å². The Morgan fingerprint density at radius 3 is 2.33 bits per heavy atom. The van der Waals surface area contributed by atoms with Crippen LogP contribution >= 0.6 is 11.6 Å². The third-order valence-electron chi connectivity index (χ3n) is 3.37. The Labute approximate surface area is 129 Å². The van der Waals surface area contributed by atoms with E-state index in [0.717, 1.165) is 12.1 Å². The smallest absolute Gasteiger partial charge is 0.323 e. The van der Waals surface area contributed by atoms with E-state index in [4.69, 9.17) is 16.7 Å². The number of hydrogen-bond donors (Lipinski definition) is 1. The highest BCUT2D eigenvalue weighted by atomic mass is 35.5. The predicted molar refractivity (Wildman–Crippen MR) is 86.0 cm³/mol. The van der Waals surface area contributed by atoms with Crippen LogP contribution in [-0.4, -0.2) is 23.7 Å². The molecule has 1 atom stereocenters. The largest absolute Gasteiger partial charge is 0.480 e. The van der Waals surface area contributed by atoms with Crippen molar-refractivity contribution in [2.24, 2.45) is 0 Å². The highest BCUT2D eigenvalue weighted by Gasteiger charge is 2.18. The fraction of sp³-hybridized carbons (Fsp3) is 0.235. The minimum absolute atomic E-state index is 0.0321. The molecule has 0 radical (unpaired) electrons. The normalized spacial score (nSPS) is 11.9. The van der Waals surface area contributed by atoms with Gasteiger partial charge in [0.15, 0.2) is 0 Å². The van der Waals surface area contributed by atoms with Crippen LogP contribution in [0.3, 0.4) is 0 Å². The van der Waals surface area contributed by atoms with Crippen LogP contribution in [0.1, 0.15) is 12.5 Å². The lowest BCUT2D eigenvalue weighted by Crippen LogP contribution is -2.38. The standard InChI is InChI=1S/C17H18ClNO2/c1-13(11-14-5-3-2-4-6-14)19(12-17(20)21)16-9-7-15(18)8-10-16/h2-10,13H,11-12H2,1H3,(H,20,21). The molecular weight excluding hydrogens is 286 g/mol. The molecule has 21 heavy (non-hydrogen) atoms. The van der Waals surface area contributed by atoms with E-state index in [0.29, 0.717) is 5.02 Å². The van der Waals surface area contributed by atoms with E-state index in [9.17, 15) is 4.79 Å². The number of benzene rings is 2. The predicted octanol–water partition coefficient (Wildman–Crippen LogP) is 3.86. The summed E-state index contributed by atoms with van der Waals surface area (Å²) in [6, 6.07) is 17.4. The zero-order valence-electron chi connectivity index (χ0n) is 11.9. The molecule has 0 saturated heterocycles. The minimum Gasteiger partial charge on any atom is -0.480 e. The summed E-state index contributed by atoms with van der Waals surface area (Å²) < 4.78 is 0. The van der Waals surface area contributed by atoms with Crippen molar-refractivity contribution in [1.82, 2.24) is 0 Å². The lowest BCUT2D eigenvalue weighted by Gasteiger charge is -2.30. The molecule has 4 heteroatoms. The summed E-state index contributed by atoms with van der Waals surface area (Å²) in [7, 11) is 0. The highest BCUT2D eigenvalue weighted by Crippen LogP contribution is 2.21. The lowest BCUT2D eigenvalue weighted by atomic mass is 10.1. The van der Waals surface area contributed by atoms with E-state index >= 15 is 0 Å². The molecule has 1 N–H and O–H groups in total. The molecule has 3 nitrogen and oxygen atoms in total. The van der Waals surface area contributed by atoms with Crippen LogP contribution in [0.15, 0.2) is 54.6 Å². The molecule has 2 aromatic rings. The average Bonchev–Trinajstić information content (AvgIpc) is 2.46. The van der Waals surface area contributed by atoms with Gasteiger partial charge >= 0.3 is 5.97 Å². The maximum atomic E-state index is 11.1. The summed E-state index contributed by atoms with van der Waals surface area (Å²) in [6.45, 7) is 2.00. The Hall–Kier alpha value is -2.00. The van der Waals surface area contributed by atoms with Gasteiger partial charge in [-0.15, -0.1) is 0 Å². The number of nitrogens with zero attached hydrogens (tertiary/aromatic N) is 1. The van der Waals surface area contributed by atoms with E-state index in [1.54, 1.807) is 12.1 Å². The van der Waals surface area contributed by atoms with Crippen LogP contribution in [0.25, 0.3) is 0 Å². The molecule has 0 aliphatic carbocycles. The number of rotatable bonds is 6. The topological polar surface area (TPSA) is 40.5 Å². The molecule has 2 aromatic carbocycles. The minimum atomic E-state index is -0.843. The first-order chi connectivity index (χ1) is 10.1. The fourth-order valence-electron chi connectivity index (χ4n) is 2.35. The van der Waals surface area contributed by atoms with Crippen molar-refractivity contribution in [1.29, 1.82) is 0 Å². The highest BCUT2D eigenvalue weighted by molar-refractivity contribution is 6.30. The molecule has 110 valence electrons. The third kappa shape index (κ3) is 4.50. The van der Waals surface area contributed by atoms with Crippen LogP contribution < -0.4 is 4.90 Å². The lowest BCUT2D eigenvalue weighted by molar-refractivity contribution is -0.135. The van der Waals surface area contributed by atoms with Gasteiger partial charge in [0, 0.05) is 16.8 Å². The summed E-state index contributed by atoms with van der Waals surface area (Å²) in [6.07, 6.45) is 0.788. The maximum Gasteiger partial charge on any atom is 0.323 e. The Kier molecular flexibility index (Phi) is 5.23. The molecule has 0 saturated carbocycles. The molecule has 0 fully saturated rings. The van der Waals surface area contributed by atoms with Crippen LogP contribution in [0, 0.1) is 0 Å². The van der Waals surface area contributed by atoms with E-state index in [1.165, 1.54) is 5.56 Å². The van der Waals surface area contributed by atoms with Crippen molar-refractivity contribution in [3.05, 3.63) is 65.2 Å². The van der Waals surface area contributed by atoms with Gasteiger partial charge in [0.25, 0.3) is 0 Å². The molecule has 0 aromatic heterocycles. The summed E-state index contributed by atoms with van der Waals surface area (Å²) in [5.41, 5.74) is 2.06. The molecule has 0 bridgehead atoms. The Balaban J connectivity index is 2.18. The van der Waals surface area contributed by atoms with Crippen LogP contribution in [-0.2, 0) is 11.2 Å². The molecule has 2 rings (SSSR count). The van der Waals surface area contributed by atoms with Crippen molar-refractivity contribution < 1.29 is 9.90 Å². The van der Waals surface area contributed by atoms with E-state index < -0.39 is 5.97 Å². The van der Waals surface area contributed by atoms with Gasteiger partial charge in [0.05, 0.1) is 0 Å². The summed E-state index contributed by atoms with van der Waals surface area (Å²) in [4.78, 5) is 13.0.